The highest BCUT2D eigenvalue weighted by molar-refractivity contribution is 7.81. The minimum absolute atomic E-state index is 0.661. The third-order valence-corrected chi connectivity index (χ3v) is 7.68. The lowest BCUT2D eigenvalue weighted by Crippen LogP contribution is -2.15. The summed E-state index contributed by atoms with van der Waals surface area (Å²) < 4.78 is 4.45. The molecule has 6 rings (SSSR count). The van der Waals surface area contributed by atoms with Crippen LogP contribution in [0.5, 0.6) is 0 Å². The number of rotatable bonds is 4. The van der Waals surface area contributed by atoms with Gasteiger partial charge in [-0.25, -0.2) is 4.52 Å². The molecule has 0 fully saturated rings. The average molecular weight is 511 g/mol. The van der Waals surface area contributed by atoms with Gasteiger partial charge in [0.25, 0.3) is 0 Å². The Balaban J connectivity index is 1.60. The Bertz CT molecular complexity index is 1600. The summed E-state index contributed by atoms with van der Waals surface area (Å²) in [6.07, 6.45) is 3.21. The van der Waals surface area contributed by atoms with Crippen molar-refractivity contribution in [3.05, 3.63) is 100 Å². The number of nitrogens with one attached hydrogen (secondary N) is 1. The number of thiocarbonyl (C=S) groups is 1. The highest BCUT2D eigenvalue weighted by atomic mass is 35.5. The predicted octanol–water partition coefficient (Wildman–Crippen LogP) is 7.86. The van der Waals surface area contributed by atoms with Gasteiger partial charge < -0.3 is 9.88 Å². The van der Waals surface area contributed by atoms with Crippen LogP contribution in [0.25, 0.3) is 28.2 Å². The minimum atomic E-state index is 0.661. The number of hydrogen-bond acceptors (Lipinski definition) is 2. The fourth-order valence-electron chi connectivity index (χ4n) is 5.19. The normalized spacial score (nSPS) is 13.1. The molecule has 2 aromatic heterocycles. The van der Waals surface area contributed by atoms with E-state index in [0.29, 0.717) is 4.99 Å². The molecule has 1 aliphatic heterocycles. The minimum Gasteiger partial charge on any atom is -0.345 e. The Morgan fingerprint density at radius 2 is 1.69 bits per heavy atom. The van der Waals surface area contributed by atoms with E-state index in [2.05, 4.69) is 82.8 Å². The summed E-state index contributed by atoms with van der Waals surface area (Å²) in [7, 11) is 0. The van der Waals surface area contributed by atoms with E-state index in [-0.39, 0.29) is 0 Å². The van der Waals surface area contributed by atoms with Gasteiger partial charge in [0.15, 0.2) is 5.82 Å². The van der Waals surface area contributed by atoms with E-state index in [1.54, 1.807) is 0 Å². The molecule has 0 bridgehead atoms. The first-order valence-electron chi connectivity index (χ1n) is 12.4. The number of aromatic nitrogens is 3. The van der Waals surface area contributed by atoms with Crippen LogP contribution in [0.1, 0.15) is 35.2 Å². The zero-order valence-electron chi connectivity index (χ0n) is 20.4. The van der Waals surface area contributed by atoms with Crippen molar-refractivity contribution >= 4 is 40.1 Å². The molecule has 1 N–H and O–H groups in total. The molecule has 4 nitrogen and oxygen atoms in total. The number of hydrogen-bond donors (Lipinski definition) is 1. The topological polar surface area (TPSA) is 34.3 Å². The van der Waals surface area contributed by atoms with Crippen molar-refractivity contribution in [3.8, 4) is 22.5 Å². The Hall–Kier alpha value is -3.41. The molecule has 0 unspecified atom stereocenters. The van der Waals surface area contributed by atoms with Crippen molar-refractivity contribution < 1.29 is 0 Å². The molecule has 1 aliphatic rings. The summed E-state index contributed by atoms with van der Waals surface area (Å²) in [5.41, 5.74) is 10.2. The predicted molar refractivity (Wildman–Crippen MR) is 153 cm³/mol. The fraction of sp³-hybridized carbons (Fsp3) is 0.200. The molecule has 0 saturated heterocycles. The van der Waals surface area contributed by atoms with E-state index in [1.165, 1.54) is 16.7 Å². The van der Waals surface area contributed by atoms with Crippen LogP contribution in [-0.2, 0) is 13.0 Å². The maximum absolute atomic E-state index is 6.26. The second-order valence-electron chi connectivity index (χ2n) is 9.50. The van der Waals surface area contributed by atoms with Gasteiger partial charge in [-0.2, -0.15) is 0 Å². The number of aryl methyl sites for hydroxylation is 4. The molecule has 0 atom stereocenters. The third-order valence-electron chi connectivity index (χ3n) is 7.13. The first-order chi connectivity index (χ1) is 17.5. The fourth-order valence-corrected chi connectivity index (χ4v) is 5.62. The van der Waals surface area contributed by atoms with Crippen LogP contribution in [0, 0.1) is 13.8 Å². The van der Waals surface area contributed by atoms with E-state index in [4.69, 9.17) is 28.9 Å². The zero-order valence-corrected chi connectivity index (χ0v) is 22.0. The lowest BCUT2D eigenvalue weighted by molar-refractivity contribution is 0.645. The van der Waals surface area contributed by atoms with Gasteiger partial charge >= 0.3 is 0 Å². The van der Waals surface area contributed by atoms with E-state index in [1.807, 2.05) is 18.2 Å². The summed E-state index contributed by atoms with van der Waals surface area (Å²) in [5.74, 6) is 0.978. The maximum atomic E-state index is 6.26. The number of benzene rings is 3. The SMILES string of the molecule is Cc1ccc(NC(=S)c2c(-c3ccc(Cl)cc3)c3c4n(c(-c5ccccc5)nn24)CCCC3)cc1C. The van der Waals surface area contributed by atoms with Gasteiger partial charge in [-0.1, -0.05) is 72.3 Å². The molecule has 3 aromatic carbocycles. The molecule has 36 heavy (non-hydrogen) atoms. The second kappa shape index (κ2) is 9.23. The Morgan fingerprint density at radius 3 is 2.44 bits per heavy atom. The molecule has 180 valence electrons. The van der Waals surface area contributed by atoms with Gasteiger partial charge in [0.2, 0.25) is 0 Å². The van der Waals surface area contributed by atoms with Crippen LogP contribution in [-0.4, -0.2) is 19.2 Å². The molecule has 6 heteroatoms. The van der Waals surface area contributed by atoms with Gasteiger partial charge in [-0.05, 0) is 74.1 Å². The lowest BCUT2D eigenvalue weighted by Gasteiger charge is -2.13. The summed E-state index contributed by atoms with van der Waals surface area (Å²) >= 11 is 12.4. The van der Waals surface area contributed by atoms with Crippen molar-refractivity contribution in [2.45, 2.75) is 39.7 Å². The first kappa shape index (κ1) is 23.0. The van der Waals surface area contributed by atoms with Gasteiger partial charge in [0.05, 0.1) is 0 Å². The van der Waals surface area contributed by atoms with Crippen LogP contribution in [0.15, 0.2) is 72.8 Å². The second-order valence-corrected chi connectivity index (χ2v) is 10.3. The Kier molecular flexibility index (Phi) is 5.90. The van der Waals surface area contributed by atoms with Crippen LogP contribution < -0.4 is 5.32 Å². The molecule has 0 saturated carbocycles. The first-order valence-corrected chi connectivity index (χ1v) is 13.1. The van der Waals surface area contributed by atoms with Gasteiger partial charge in [0.1, 0.15) is 16.3 Å². The standard InChI is InChI=1S/C30H27ClN4S/c1-19-11-16-24(18-20(19)2)32-29(36)27-26(21-12-14-23(31)15-13-21)25-10-6-7-17-34-28(33-35(27)30(25)34)22-8-4-3-5-9-22/h3-5,8-9,11-16,18H,6-7,10,17H2,1-2H3,(H,32,36). The summed E-state index contributed by atoms with van der Waals surface area (Å²) in [4.78, 5) is 0.661. The highest BCUT2D eigenvalue weighted by Gasteiger charge is 2.29. The quantitative estimate of drug-likeness (QED) is 0.250. The largest absolute Gasteiger partial charge is 0.345 e. The summed E-state index contributed by atoms with van der Waals surface area (Å²) in [5, 5.41) is 9.42. The molecule has 5 aromatic rings. The number of nitrogens with zero attached hydrogens (tertiary/aromatic N) is 3. The molecule has 0 aliphatic carbocycles. The molecule has 0 spiro atoms. The van der Waals surface area contributed by atoms with E-state index >= 15 is 0 Å². The Morgan fingerprint density at radius 1 is 0.917 bits per heavy atom. The van der Waals surface area contributed by atoms with Crippen molar-refractivity contribution in [1.82, 2.24) is 14.2 Å². The molecular formula is C30H27ClN4S. The van der Waals surface area contributed by atoms with E-state index in [0.717, 1.165) is 70.4 Å². The van der Waals surface area contributed by atoms with Crippen LogP contribution >= 0.6 is 23.8 Å². The van der Waals surface area contributed by atoms with Crippen LogP contribution in [0.3, 0.4) is 0 Å². The lowest BCUT2D eigenvalue weighted by atomic mass is 9.98. The molecule has 0 radical (unpaired) electrons. The van der Waals surface area contributed by atoms with Crippen LogP contribution in [0.2, 0.25) is 5.02 Å². The third kappa shape index (κ3) is 3.93. The van der Waals surface area contributed by atoms with Crippen LogP contribution in [0.4, 0.5) is 5.69 Å². The smallest absolute Gasteiger partial charge is 0.162 e. The van der Waals surface area contributed by atoms with Gasteiger partial charge in [0, 0.05) is 33.9 Å². The summed E-state index contributed by atoms with van der Waals surface area (Å²) in [6.45, 7) is 5.17. The van der Waals surface area contributed by atoms with Crippen molar-refractivity contribution in [2.75, 3.05) is 5.32 Å². The summed E-state index contributed by atoms with van der Waals surface area (Å²) in [6, 6.07) is 24.8. The average Bonchev–Trinajstić information content (AvgIpc) is 3.30. The molecule has 3 heterocycles. The van der Waals surface area contributed by atoms with E-state index < -0.39 is 0 Å². The number of anilines is 1. The maximum Gasteiger partial charge on any atom is 0.162 e. The zero-order chi connectivity index (χ0) is 24.8. The highest BCUT2D eigenvalue weighted by Crippen LogP contribution is 2.39. The number of halogens is 1. The molecule has 0 amide bonds. The van der Waals surface area contributed by atoms with Crippen molar-refractivity contribution in [3.63, 3.8) is 0 Å². The van der Waals surface area contributed by atoms with Gasteiger partial charge in [-0.15, -0.1) is 5.10 Å². The Labute approximate surface area is 221 Å². The van der Waals surface area contributed by atoms with Crippen molar-refractivity contribution in [2.24, 2.45) is 0 Å². The van der Waals surface area contributed by atoms with Crippen molar-refractivity contribution in [1.29, 1.82) is 0 Å². The van der Waals surface area contributed by atoms with Gasteiger partial charge in [-0.3, -0.25) is 0 Å². The molecular weight excluding hydrogens is 484 g/mol. The monoisotopic (exact) mass is 510 g/mol. The van der Waals surface area contributed by atoms with E-state index in [9.17, 15) is 0 Å².